The molecule has 2 unspecified atom stereocenters. The van der Waals surface area contributed by atoms with Crippen molar-refractivity contribution in [1.82, 2.24) is 19.7 Å². The van der Waals surface area contributed by atoms with Crippen molar-refractivity contribution in [2.45, 2.75) is 58.9 Å². The van der Waals surface area contributed by atoms with E-state index in [2.05, 4.69) is 12.0 Å². The molecular formula is C25H31N5O2. The molecule has 7 nitrogen and oxygen atoms in total. The molecule has 1 aromatic carbocycles. The summed E-state index contributed by atoms with van der Waals surface area (Å²) < 4.78 is 1.96. The second-order valence-corrected chi connectivity index (χ2v) is 8.95. The van der Waals surface area contributed by atoms with Crippen LogP contribution in [0.4, 0.5) is 0 Å². The summed E-state index contributed by atoms with van der Waals surface area (Å²) in [5.74, 6) is -0.380. The summed E-state index contributed by atoms with van der Waals surface area (Å²) in [7, 11) is 0. The van der Waals surface area contributed by atoms with Gasteiger partial charge < -0.3 is 10.6 Å². The predicted molar refractivity (Wildman–Crippen MR) is 125 cm³/mol. The summed E-state index contributed by atoms with van der Waals surface area (Å²) in [4.78, 5) is 32.0. The Morgan fingerprint density at radius 2 is 1.97 bits per heavy atom. The minimum absolute atomic E-state index is 0.00830. The Bertz CT molecular complexity index is 1180. The van der Waals surface area contributed by atoms with Crippen molar-refractivity contribution in [3.8, 4) is 0 Å². The van der Waals surface area contributed by atoms with Gasteiger partial charge in [-0.1, -0.05) is 18.2 Å². The second kappa shape index (κ2) is 8.73. The predicted octanol–water partition coefficient (Wildman–Crippen LogP) is 3.81. The van der Waals surface area contributed by atoms with Gasteiger partial charge in [0.2, 0.25) is 5.91 Å². The molecule has 0 aliphatic carbocycles. The first-order valence-corrected chi connectivity index (χ1v) is 11.3. The molecule has 0 radical (unpaired) electrons. The lowest BCUT2D eigenvalue weighted by Crippen LogP contribution is -2.40. The van der Waals surface area contributed by atoms with Crippen molar-refractivity contribution < 1.29 is 9.59 Å². The summed E-state index contributed by atoms with van der Waals surface area (Å²) in [5.41, 5.74) is 11.0. The molecular weight excluding hydrogens is 402 g/mol. The summed E-state index contributed by atoms with van der Waals surface area (Å²) in [6, 6.07) is 9.52. The van der Waals surface area contributed by atoms with E-state index in [1.165, 1.54) is 5.56 Å². The van der Waals surface area contributed by atoms with Crippen LogP contribution >= 0.6 is 0 Å². The van der Waals surface area contributed by atoms with E-state index in [-0.39, 0.29) is 17.9 Å². The van der Waals surface area contributed by atoms with Gasteiger partial charge in [0.05, 0.1) is 28.5 Å². The maximum Gasteiger partial charge on any atom is 0.250 e. The molecule has 2 aromatic heterocycles. The fraction of sp³-hybridized carbons (Fsp3) is 0.440. The first-order chi connectivity index (χ1) is 15.3. The number of primary amides is 1. The molecule has 2 N–H and O–H groups in total. The number of piperidine rings is 1. The molecule has 3 aromatic rings. The quantitative estimate of drug-likeness (QED) is 0.662. The van der Waals surface area contributed by atoms with Gasteiger partial charge in [-0.25, -0.2) is 0 Å². The van der Waals surface area contributed by atoms with E-state index in [0.29, 0.717) is 24.2 Å². The number of carbonyl (C=O) groups excluding carboxylic acids is 2. The van der Waals surface area contributed by atoms with Crippen LogP contribution < -0.4 is 5.73 Å². The largest absolute Gasteiger partial charge is 0.366 e. The Morgan fingerprint density at radius 3 is 2.66 bits per heavy atom. The number of nitrogens with zero attached hydrogens (tertiary/aromatic N) is 4. The number of hydrogen-bond acceptors (Lipinski definition) is 4. The van der Waals surface area contributed by atoms with Gasteiger partial charge in [-0.15, -0.1) is 0 Å². The summed E-state index contributed by atoms with van der Waals surface area (Å²) in [5, 5.41) is 5.51. The summed E-state index contributed by atoms with van der Waals surface area (Å²) in [6.07, 6.45) is 2.14. The summed E-state index contributed by atoms with van der Waals surface area (Å²) in [6.45, 7) is 9.41. The van der Waals surface area contributed by atoms with Crippen LogP contribution in [0.2, 0.25) is 0 Å². The molecule has 0 bridgehead atoms. The molecule has 2 atom stereocenters. The van der Waals surface area contributed by atoms with E-state index < -0.39 is 5.91 Å². The van der Waals surface area contributed by atoms with Gasteiger partial charge in [0, 0.05) is 36.5 Å². The van der Waals surface area contributed by atoms with E-state index >= 15 is 0 Å². The van der Waals surface area contributed by atoms with Gasteiger partial charge in [0.25, 0.3) is 5.91 Å². The van der Waals surface area contributed by atoms with Crippen LogP contribution in [-0.4, -0.2) is 44.6 Å². The lowest BCUT2D eigenvalue weighted by atomic mass is 9.90. The molecule has 1 aliphatic rings. The number of amides is 2. The van der Waals surface area contributed by atoms with Crippen molar-refractivity contribution in [3.05, 3.63) is 58.5 Å². The number of hydrogen-bond donors (Lipinski definition) is 1. The molecule has 32 heavy (non-hydrogen) atoms. The zero-order chi connectivity index (χ0) is 23.0. The Morgan fingerprint density at radius 1 is 1.22 bits per heavy atom. The number of rotatable bonds is 5. The van der Waals surface area contributed by atoms with Gasteiger partial charge in [0.1, 0.15) is 0 Å². The third-order valence-corrected chi connectivity index (χ3v) is 6.75. The standard InChI is InChI=1S/C25H31N5O2/c1-15(30-18(4)16(2)17(3)28-30)12-23(31)29-11-7-9-20(14-29)24-21(25(26)32)13-19-8-5-6-10-22(19)27-24/h5-6,8,10,13,15,20H,7,9,11-12,14H2,1-4H3,(H2,26,32). The zero-order valence-corrected chi connectivity index (χ0v) is 19.3. The highest BCUT2D eigenvalue weighted by Crippen LogP contribution is 2.31. The van der Waals surface area contributed by atoms with E-state index in [1.54, 1.807) is 0 Å². The maximum atomic E-state index is 13.2. The number of para-hydroxylation sites is 1. The van der Waals surface area contributed by atoms with Crippen LogP contribution in [0, 0.1) is 20.8 Å². The lowest BCUT2D eigenvalue weighted by Gasteiger charge is -2.34. The highest BCUT2D eigenvalue weighted by molar-refractivity contribution is 5.97. The zero-order valence-electron chi connectivity index (χ0n) is 19.3. The number of carbonyl (C=O) groups is 2. The van der Waals surface area contributed by atoms with E-state index in [1.807, 2.05) is 60.7 Å². The number of likely N-dealkylation sites (tertiary alicyclic amines) is 1. The van der Waals surface area contributed by atoms with Crippen LogP contribution in [0.3, 0.4) is 0 Å². The first-order valence-electron chi connectivity index (χ1n) is 11.3. The van der Waals surface area contributed by atoms with Gasteiger partial charge in [-0.05, 0) is 58.2 Å². The van der Waals surface area contributed by atoms with Crippen molar-refractivity contribution in [2.24, 2.45) is 5.73 Å². The molecule has 7 heteroatoms. The number of fused-ring (bicyclic) bond motifs is 1. The second-order valence-electron chi connectivity index (χ2n) is 8.95. The van der Waals surface area contributed by atoms with Gasteiger partial charge in [-0.2, -0.15) is 5.10 Å². The normalized spacial score (nSPS) is 17.5. The number of pyridine rings is 1. The van der Waals surface area contributed by atoms with Crippen LogP contribution in [0.1, 0.15) is 71.1 Å². The monoisotopic (exact) mass is 433 g/mol. The van der Waals surface area contributed by atoms with Gasteiger partial charge >= 0.3 is 0 Å². The Kier molecular flexibility index (Phi) is 6.00. The molecule has 0 saturated carbocycles. The molecule has 1 saturated heterocycles. The smallest absolute Gasteiger partial charge is 0.250 e. The molecule has 1 aliphatic heterocycles. The number of aryl methyl sites for hydroxylation is 1. The molecule has 2 amide bonds. The Labute approximate surface area is 188 Å². The van der Waals surface area contributed by atoms with Crippen molar-refractivity contribution in [1.29, 1.82) is 0 Å². The van der Waals surface area contributed by atoms with Gasteiger partial charge in [0.15, 0.2) is 0 Å². The maximum absolute atomic E-state index is 13.2. The highest BCUT2D eigenvalue weighted by atomic mass is 16.2. The number of aromatic nitrogens is 3. The topological polar surface area (TPSA) is 94.1 Å². The average Bonchev–Trinajstić information content (AvgIpc) is 3.05. The Hall–Kier alpha value is -3.22. The first kappa shape index (κ1) is 22.0. The summed E-state index contributed by atoms with van der Waals surface area (Å²) >= 11 is 0. The molecule has 4 rings (SSSR count). The van der Waals surface area contributed by atoms with Crippen LogP contribution in [0.25, 0.3) is 10.9 Å². The van der Waals surface area contributed by atoms with Crippen molar-refractivity contribution in [2.75, 3.05) is 13.1 Å². The minimum Gasteiger partial charge on any atom is -0.366 e. The van der Waals surface area contributed by atoms with Crippen LogP contribution in [0.5, 0.6) is 0 Å². The number of benzene rings is 1. The van der Waals surface area contributed by atoms with Crippen LogP contribution in [0.15, 0.2) is 30.3 Å². The van der Waals surface area contributed by atoms with E-state index in [9.17, 15) is 9.59 Å². The van der Waals surface area contributed by atoms with Gasteiger partial charge in [-0.3, -0.25) is 19.3 Å². The SMILES string of the molecule is Cc1nn(C(C)CC(=O)N2CCCC(c3nc4ccccc4cc3C(N)=O)C2)c(C)c1C. The Balaban J connectivity index is 1.54. The number of nitrogens with two attached hydrogens (primary N) is 1. The fourth-order valence-electron chi connectivity index (χ4n) is 4.71. The third-order valence-electron chi connectivity index (χ3n) is 6.75. The van der Waals surface area contributed by atoms with Crippen LogP contribution in [-0.2, 0) is 4.79 Å². The fourth-order valence-corrected chi connectivity index (χ4v) is 4.71. The molecule has 0 spiro atoms. The highest BCUT2D eigenvalue weighted by Gasteiger charge is 2.29. The minimum atomic E-state index is -0.477. The lowest BCUT2D eigenvalue weighted by molar-refractivity contribution is -0.133. The van der Waals surface area contributed by atoms with E-state index in [0.717, 1.165) is 41.7 Å². The van der Waals surface area contributed by atoms with Crippen molar-refractivity contribution in [3.63, 3.8) is 0 Å². The van der Waals surface area contributed by atoms with Crippen molar-refractivity contribution >= 4 is 22.7 Å². The third kappa shape index (κ3) is 4.11. The average molecular weight is 434 g/mol. The molecule has 168 valence electrons. The molecule has 1 fully saturated rings. The van der Waals surface area contributed by atoms with E-state index in [4.69, 9.17) is 10.7 Å². The molecule has 3 heterocycles.